The molecule has 0 atom stereocenters. The number of carbonyl (C=O) groups is 1. The first-order chi connectivity index (χ1) is 10.5. The second kappa shape index (κ2) is 7.56. The Morgan fingerprint density at radius 3 is 2.73 bits per heavy atom. The highest BCUT2D eigenvalue weighted by Gasteiger charge is 2.01. The number of hydrogen-bond donors (Lipinski definition) is 3. The quantitative estimate of drug-likeness (QED) is 0.563. The standard InChI is InChI=1S/C15H13BrFN3O2/c16-11-1-6-14(21)10(7-11)8-19-20-15(22)9-18-13-4-2-12(17)3-5-13/h1-8,18,21H,9H2,(H,20,22)/b19-8+. The summed E-state index contributed by atoms with van der Waals surface area (Å²) < 4.78 is 13.5. The Labute approximate surface area is 135 Å². The third kappa shape index (κ3) is 4.85. The number of phenols is 1. The van der Waals surface area contributed by atoms with Crippen LogP contribution in [0.4, 0.5) is 10.1 Å². The summed E-state index contributed by atoms with van der Waals surface area (Å²) in [6.07, 6.45) is 1.34. The number of hydrazone groups is 1. The molecule has 0 saturated heterocycles. The van der Waals surface area contributed by atoms with Crippen LogP contribution < -0.4 is 10.7 Å². The summed E-state index contributed by atoms with van der Waals surface area (Å²) in [6.45, 7) is -0.00651. The topological polar surface area (TPSA) is 73.7 Å². The van der Waals surface area contributed by atoms with E-state index in [2.05, 4.69) is 31.8 Å². The molecule has 3 N–H and O–H groups in total. The van der Waals surface area contributed by atoms with Crippen LogP contribution in [0.2, 0.25) is 0 Å². The zero-order chi connectivity index (χ0) is 15.9. The fourth-order valence-corrected chi connectivity index (χ4v) is 1.97. The number of nitrogens with zero attached hydrogens (tertiary/aromatic N) is 1. The first kappa shape index (κ1) is 16.0. The summed E-state index contributed by atoms with van der Waals surface area (Å²) in [5.41, 5.74) is 3.43. The molecule has 2 aromatic carbocycles. The zero-order valence-electron chi connectivity index (χ0n) is 11.4. The first-order valence-electron chi connectivity index (χ1n) is 6.34. The van der Waals surface area contributed by atoms with Crippen LogP contribution in [0, 0.1) is 5.82 Å². The minimum absolute atomic E-state index is 0.00651. The predicted octanol–water partition coefficient (Wildman–Crippen LogP) is 2.86. The van der Waals surface area contributed by atoms with Gasteiger partial charge in [0.1, 0.15) is 11.6 Å². The molecule has 1 amide bonds. The van der Waals surface area contributed by atoms with E-state index in [4.69, 9.17) is 0 Å². The number of benzene rings is 2. The Hall–Kier alpha value is -2.41. The fraction of sp³-hybridized carbons (Fsp3) is 0.0667. The van der Waals surface area contributed by atoms with E-state index in [0.717, 1.165) is 4.47 Å². The van der Waals surface area contributed by atoms with Crippen LogP contribution in [-0.4, -0.2) is 23.8 Å². The summed E-state index contributed by atoms with van der Waals surface area (Å²) in [6, 6.07) is 10.5. The lowest BCUT2D eigenvalue weighted by molar-refractivity contribution is -0.119. The lowest BCUT2D eigenvalue weighted by atomic mass is 10.2. The number of rotatable bonds is 5. The number of anilines is 1. The average molecular weight is 366 g/mol. The van der Waals surface area contributed by atoms with Crippen molar-refractivity contribution in [1.29, 1.82) is 0 Å². The smallest absolute Gasteiger partial charge is 0.259 e. The molecule has 7 heteroatoms. The molecule has 5 nitrogen and oxygen atoms in total. The van der Waals surface area contributed by atoms with Crippen molar-refractivity contribution in [3.8, 4) is 5.75 Å². The molecule has 22 heavy (non-hydrogen) atoms. The van der Waals surface area contributed by atoms with Gasteiger partial charge < -0.3 is 10.4 Å². The van der Waals surface area contributed by atoms with Crippen molar-refractivity contribution >= 4 is 33.7 Å². The van der Waals surface area contributed by atoms with Crippen molar-refractivity contribution in [1.82, 2.24) is 5.43 Å². The number of carbonyl (C=O) groups excluding carboxylic acids is 1. The third-order valence-electron chi connectivity index (χ3n) is 2.68. The molecule has 0 bridgehead atoms. The molecule has 0 radical (unpaired) electrons. The number of nitrogens with one attached hydrogen (secondary N) is 2. The van der Waals surface area contributed by atoms with Gasteiger partial charge in [-0.1, -0.05) is 15.9 Å². The molecule has 0 unspecified atom stereocenters. The predicted molar refractivity (Wildman–Crippen MR) is 86.4 cm³/mol. The molecule has 0 spiro atoms. The van der Waals surface area contributed by atoms with Crippen molar-refractivity contribution in [3.05, 3.63) is 58.3 Å². The second-order valence-electron chi connectivity index (χ2n) is 4.36. The van der Waals surface area contributed by atoms with Gasteiger partial charge in [-0.3, -0.25) is 4.79 Å². The second-order valence-corrected chi connectivity index (χ2v) is 5.27. The van der Waals surface area contributed by atoms with E-state index in [1.165, 1.54) is 36.5 Å². The molecule has 0 fully saturated rings. The molecule has 0 aliphatic rings. The number of hydrogen-bond acceptors (Lipinski definition) is 4. The Morgan fingerprint density at radius 2 is 2.00 bits per heavy atom. The van der Waals surface area contributed by atoms with Gasteiger partial charge in [-0.05, 0) is 42.5 Å². The largest absolute Gasteiger partial charge is 0.507 e. The van der Waals surface area contributed by atoms with Crippen LogP contribution in [0.25, 0.3) is 0 Å². The molecular formula is C15H13BrFN3O2. The van der Waals surface area contributed by atoms with Gasteiger partial charge in [0.05, 0.1) is 12.8 Å². The number of aromatic hydroxyl groups is 1. The maximum absolute atomic E-state index is 12.7. The van der Waals surface area contributed by atoms with Gasteiger partial charge in [0.25, 0.3) is 5.91 Å². The maximum Gasteiger partial charge on any atom is 0.259 e. The molecular weight excluding hydrogens is 353 g/mol. The number of phenolic OH excluding ortho intramolecular Hbond substituents is 1. The van der Waals surface area contributed by atoms with Gasteiger partial charge in [0.15, 0.2) is 0 Å². The molecule has 0 aromatic heterocycles. The Morgan fingerprint density at radius 1 is 1.27 bits per heavy atom. The van der Waals surface area contributed by atoms with Gasteiger partial charge in [0.2, 0.25) is 0 Å². The highest BCUT2D eigenvalue weighted by Crippen LogP contribution is 2.19. The Bertz CT molecular complexity index is 690. The number of amides is 1. The van der Waals surface area contributed by atoms with E-state index in [-0.39, 0.29) is 24.0 Å². The molecule has 2 rings (SSSR count). The lowest BCUT2D eigenvalue weighted by Crippen LogP contribution is -2.25. The Kier molecular flexibility index (Phi) is 5.48. The lowest BCUT2D eigenvalue weighted by Gasteiger charge is -2.05. The van der Waals surface area contributed by atoms with Crippen LogP contribution in [-0.2, 0) is 4.79 Å². The van der Waals surface area contributed by atoms with Crippen molar-refractivity contribution < 1.29 is 14.3 Å². The summed E-state index contributed by atoms with van der Waals surface area (Å²) in [4.78, 5) is 11.6. The van der Waals surface area contributed by atoms with E-state index in [1.54, 1.807) is 12.1 Å². The van der Waals surface area contributed by atoms with Crippen molar-refractivity contribution in [3.63, 3.8) is 0 Å². The van der Waals surface area contributed by atoms with Crippen LogP contribution in [0.1, 0.15) is 5.56 Å². The number of halogens is 2. The van der Waals surface area contributed by atoms with Crippen molar-refractivity contribution in [2.24, 2.45) is 5.10 Å². The van der Waals surface area contributed by atoms with Crippen molar-refractivity contribution in [2.45, 2.75) is 0 Å². The van der Waals surface area contributed by atoms with E-state index in [9.17, 15) is 14.3 Å². The molecule has 2 aromatic rings. The summed E-state index contributed by atoms with van der Waals surface area (Å²) in [5, 5.41) is 16.2. The van der Waals surface area contributed by atoms with Crippen LogP contribution >= 0.6 is 15.9 Å². The van der Waals surface area contributed by atoms with Gasteiger partial charge in [-0.2, -0.15) is 5.10 Å². The molecule has 114 valence electrons. The van der Waals surface area contributed by atoms with Crippen LogP contribution in [0.5, 0.6) is 5.75 Å². The molecule has 0 aliphatic heterocycles. The Balaban J connectivity index is 1.83. The maximum atomic E-state index is 12.7. The van der Waals surface area contributed by atoms with Crippen LogP contribution in [0.15, 0.2) is 52.0 Å². The zero-order valence-corrected chi connectivity index (χ0v) is 13.0. The van der Waals surface area contributed by atoms with E-state index >= 15 is 0 Å². The summed E-state index contributed by atoms with van der Waals surface area (Å²) >= 11 is 3.28. The van der Waals surface area contributed by atoms with Gasteiger partial charge in [-0.25, -0.2) is 9.82 Å². The van der Waals surface area contributed by atoms with E-state index in [1.807, 2.05) is 0 Å². The molecule has 0 aliphatic carbocycles. The SMILES string of the molecule is O=C(CNc1ccc(F)cc1)N/N=C/c1cc(Br)ccc1O. The van der Waals surface area contributed by atoms with E-state index in [0.29, 0.717) is 11.3 Å². The normalized spacial score (nSPS) is 10.6. The molecule has 0 heterocycles. The van der Waals surface area contributed by atoms with Gasteiger partial charge in [-0.15, -0.1) is 0 Å². The minimum atomic E-state index is -0.366. The van der Waals surface area contributed by atoms with E-state index < -0.39 is 0 Å². The molecule has 0 saturated carbocycles. The first-order valence-corrected chi connectivity index (χ1v) is 7.14. The monoisotopic (exact) mass is 365 g/mol. The highest BCUT2D eigenvalue weighted by atomic mass is 79.9. The summed E-state index contributed by atoms with van der Waals surface area (Å²) in [5.74, 6) is -0.644. The average Bonchev–Trinajstić information content (AvgIpc) is 2.50. The third-order valence-corrected chi connectivity index (χ3v) is 3.17. The minimum Gasteiger partial charge on any atom is -0.507 e. The van der Waals surface area contributed by atoms with Crippen LogP contribution in [0.3, 0.4) is 0 Å². The highest BCUT2D eigenvalue weighted by molar-refractivity contribution is 9.10. The van der Waals surface area contributed by atoms with Gasteiger partial charge in [0, 0.05) is 15.7 Å². The fourth-order valence-electron chi connectivity index (χ4n) is 1.59. The summed E-state index contributed by atoms with van der Waals surface area (Å²) in [7, 11) is 0. The van der Waals surface area contributed by atoms with Crippen molar-refractivity contribution in [2.75, 3.05) is 11.9 Å². The van der Waals surface area contributed by atoms with Gasteiger partial charge >= 0.3 is 0 Å².